The Morgan fingerprint density at radius 2 is 2.00 bits per heavy atom. The Bertz CT molecular complexity index is 723. The van der Waals surface area contributed by atoms with Gasteiger partial charge in [-0.15, -0.1) is 0 Å². The van der Waals surface area contributed by atoms with Crippen LogP contribution in [0.2, 0.25) is 0 Å². The molecule has 5 fully saturated rings. The number of piperidine rings is 4. The number of aliphatic hydroxyl groups excluding tert-OH is 2. The third-order valence-electron chi connectivity index (χ3n) is 8.46. The second kappa shape index (κ2) is 4.17. The Kier molecular flexibility index (Phi) is 2.45. The van der Waals surface area contributed by atoms with Crippen LogP contribution in [0.1, 0.15) is 31.7 Å². The van der Waals surface area contributed by atoms with Crippen molar-refractivity contribution in [2.75, 3.05) is 11.9 Å². The summed E-state index contributed by atoms with van der Waals surface area (Å²) in [6.07, 6.45) is 2.56. The molecule has 4 nitrogen and oxygen atoms in total. The van der Waals surface area contributed by atoms with E-state index in [0.29, 0.717) is 35.9 Å². The number of hydrogen-bond acceptors (Lipinski definition) is 4. The van der Waals surface area contributed by atoms with Crippen molar-refractivity contribution in [3.05, 3.63) is 29.8 Å². The SMILES string of the molecule is CC[C@H]1C2CC3[C@@H]4N(C)c5ccccc5[C@]45C[C@@H]([C@H]2[C@H]5O)N3[C@@H]1O. The molecule has 4 heteroatoms. The van der Waals surface area contributed by atoms with Crippen LogP contribution in [0.4, 0.5) is 5.69 Å². The van der Waals surface area contributed by atoms with Gasteiger partial charge in [-0.1, -0.05) is 25.1 Å². The molecule has 1 spiro atoms. The number of aliphatic hydroxyl groups is 2. The average molecular weight is 326 g/mol. The van der Waals surface area contributed by atoms with Crippen molar-refractivity contribution in [2.24, 2.45) is 17.8 Å². The van der Waals surface area contributed by atoms with E-state index in [2.05, 4.69) is 48.0 Å². The lowest BCUT2D eigenvalue weighted by molar-refractivity contribution is -0.211. The third-order valence-corrected chi connectivity index (χ3v) is 8.46. The molecule has 0 radical (unpaired) electrons. The summed E-state index contributed by atoms with van der Waals surface area (Å²) in [4.78, 5) is 4.83. The summed E-state index contributed by atoms with van der Waals surface area (Å²) in [5.41, 5.74) is 2.51. The lowest BCUT2D eigenvalue weighted by Crippen LogP contribution is -2.72. The van der Waals surface area contributed by atoms with Crippen molar-refractivity contribution < 1.29 is 10.2 Å². The second-order valence-electron chi connectivity index (χ2n) is 8.81. The van der Waals surface area contributed by atoms with Gasteiger partial charge in [-0.2, -0.15) is 0 Å². The van der Waals surface area contributed by atoms with Gasteiger partial charge in [-0.25, -0.2) is 0 Å². The van der Waals surface area contributed by atoms with Gasteiger partial charge in [0.05, 0.1) is 12.1 Å². The predicted molar refractivity (Wildman–Crippen MR) is 91.7 cm³/mol. The summed E-state index contributed by atoms with van der Waals surface area (Å²) in [5, 5.41) is 22.6. The molecule has 24 heavy (non-hydrogen) atoms. The molecule has 1 saturated carbocycles. The molecule has 3 unspecified atom stereocenters. The van der Waals surface area contributed by atoms with E-state index >= 15 is 0 Å². The maximum Gasteiger partial charge on any atom is 0.111 e. The molecule has 1 aromatic rings. The first-order valence-corrected chi connectivity index (χ1v) is 9.57. The molecule has 0 amide bonds. The highest BCUT2D eigenvalue weighted by atomic mass is 16.3. The number of benzene rings is 1. The number of fused-ring (bicyclic) bond motifs is 2. The summed E-state index contributed by atoms with van der Waals surface area (Å²) in [6.45, 7) is 2.19. The molecule has 7 rings (SSSR count). The number of likely N-dealkylation sites (N-methyl/N-ethyl adjacent to an activating group) is 1. The highest BCUT2D eigenvalue weighted by Crippen LogP contribution is 2.68. The second-order valence-corrected chi connectivity index (χ2v) is 8.81. The zero-order valence-corrected chi connectivity index (χ0v) is 14.3. The van der Waals surface area contributed by atoms with Crippen LogP contribution in [0.15, 0.2) is 24.3 Å². The van der Waals surface area contributed by atoms with E-state index in [1.54, 1.807) is 0 Å². The molecule has 10 atom stereocenters. The van der Waals surface area contributed by atoms with Crippen LogP contribution in [-0.2, 0) is 5.41 Å². The Balaban J connectivity index is 1.60. The van der Waals surface area contributed by atoms with Crippen molar-refractivity contribution >= 4 is 5.69 Å². The lowest BCUT2D eigenvalue weighted by Gasteiger charge is -2.62. The zero-order chi connectivity index (χ0) is 16.4. The average Bonchev–Trinajstić information content (AvgIpc) is 2.97. The highest BCUT2D eigenvalue weighted by Gasteiger charge is 2.76. The van der Waals surface area contributed by atoms with Crippen molar-refractivity contribution in [1.29, 1.82) is 0 Å². The molecule has 1 aliphatic carbocycles. The molecule has 1 aromatic carbocycles. The largest absolute Gasteiger partial charge is 0.392 e. The Labute approximate surface area is 143 Å². The molecule has 0 aromatic heterocycles. The van der Waals surface area contributed by atoms with Crippen LogP contribution >= 0.6 is 0 Å². The van der Waals surface area contributed by atoms with Gasteiger partial charge in [-0.3, -0.25) is 4.90 Å². The minimum atomic E-state index is -0.319. The molecule has 6 aliphatic rings. The zero-order valence-electron chi connectivity index (χ0n) is 14.3. The van der Waals surface area contributed by atoms with Crippen LogP contribution in [0.5, 0.6) is 0 Å². The summed E-state index contributed by atoms with van der Waals surface area (Å²) in [5.74, 6) is 1.14. The first kappa shape index (κ1) is 14.1. The molecule has 5 aliphatic heterocycles. The number of nitrogens with zero attached hydrogens (tertiary/aromatic N) is 2. The normalized spacial score (nSPS) is 55.8. The molecular weight excluding hydrogens is 300 g/mol. The van der Waals surface area contributed by atoms with Crippen LogP contribution in [0, 0.1) is 17.8 Å². The lowest BCUT2D eigenvalue weighted by atomic mass is 9.62. The van der Waals surface area contributed by atoms with E-state index in [9.17, 15) is 10.2 Å². The monoisotopic (exact) mass is 326 g/mol. The van der Waals surface area contributed by atoms with E-state index in [1.165, 1.54) is 11.3 Å². The molecule has 5 heterocycles. The van der Waals surface area contributed by atoms with E-state index in [1.807, 2.05) is 0 Å². The van der Waals surface area contributed by atoms with Gasteiger partial charge >= 0.3 is 0 Å². The van der Waals surface area contributed by atoms with Gasteiger partial charge in [0.1, 0.15) is 6.23 Å². The van der Waals surface area contributed by atoms with Crippen molar-refractivity contribution in [3.63, 3.8) is 0 Å². The first-order chi connectivity index (χ1) is 11.6. The number of para-hydroxylation sites is 1. The van der Waals surface area contributed by atoms with Gasteiger partial charge < -0.3 is 15.1 Å². The highest BCUT2D eigenvalue weighted by molar-refractivity contribution is 5.67. The van der Waals surface area contributed by atoms with Gasteiger partial charge in [0.15, 0.2) is 0 Å². The van der Waals surface area contributed by atoms with E-state index in [-0.39, 0.29) is 17.7 Å². The van der Waals surface area contributed by atoms with Gasteiger partial charge in [0.2, 0.25) is 0 Å². The Morgan fingerprint density at radius 1 is 1.21 bits per heavy atom. The third kappa shape index (κ3) is 1.20. The molecular formula is C20H26N2O2. The van der Waals surface area contributed by atoms with Crippen molar-refractivity contribution in [1.82, 2.24) is 4.90 Å². The van der Waals surface area contributed by atoms with Crippen LogP contribution in [0.3, 0.4) is 0 Å². The summed E-state index contributed by atoms with van der Waals surface area (Å²) in [7, 11) is 2.19. The maximum atomic E-state index is 11.6. The molecule has 4 saturated heterocycles. The maximum absolute atomic E-state index is 11.6. The van der Waals surface area contributed by atoms with E-state index in [4.69, 9.17) is 0 Å². The summed E-state index contributed by atoms with van der Waals surface area (Å²) in [6, 6.07) is 9.70. The fourth-order valence-electron chi connectivity index (χ4n) is 7.88. The van der Waals surface area contributed by atoms with Crippen molar-refractivity contribution in [2.45, 2.75) is 62.1 Å². The predicted octanol–water partition coefficient (Wildman–Crippen LogP) is 1.55. The van der Waals surface area contributed by atoms with Gasteiger partial charge in [-0.05, 0) is 36.8 Å². The quantitative estimate of drug-likeness (QED) is 0.822. The van der Waals surface area contributed by atoms with Crippen LogP contribution < -0.4 is 4.90 Å². The minimum Gasteiger partial charge on any atom is -0.392 e. The minimum absolute atomic E-state index is 0.126. The van der Waals surface area contributed by atoms with Crippen LogP contribution in [-0.4, -0.2) is 52.6 Å². The topological polar surface area (TPSA) is 46.9 Å². The fourth-order valence-corrected chi connectivity index (χ4v) is 7.88. The molecule has 5 bridgehead atoms. The smallest absolute Gasteiger partial charge is 0.111 e. The van der Waals surface area contributed by atoms with Gasteiger partial charge in [0.25, 0.3) is 0 Å². The number of rotatable bonds is 1. The molecule has 128 valence electrons. The summed E-state index contributed by atoms with van der Waals surface area (Å²) < 4.78 is 0. The van der Waals surface area contributed by atoms with Gasteiger partial charge in [0, 0.05) is 42.1 Å². The van der Waals surface area contributed by atoms with Crippen LogP contribution in [0.25, 0.3) is 0 Å². The van der Waals surface area contributed by atoms with Crippen molar-refractivity contribution in [3.8, 4) is 0 Å². The van der Waals surface area contributed by atoms with E-state index < -0.39 is 0 Å². The number of anilines is 1. The summed E-state index contributed by atoms with van der Waals surface area (Å²) >= 11 is 0. The first-order valence-electron chi connectivity index (χ1n) is 9.57. The standard InChI is InChI=1S/C20H26N2O2/c1-3-10-11-8-14-17-20(12-6-4-5-7-13(12)21(17)2)9-15(16(11)18(20)23)22(14)19(10)24/h4-7,10-11,14-19,23-24H,3,8-9H2,1-2H3/t10-,11?,14?,15-,16-,17-,18+,19+,20+/m0/s1. The van der Waals surface area contributed by atoms with E-state index in [0.717, 1.165) is 19.3 Å². The molecule has 2 N–H and O–H groups in total. The Hall–Kier alpha value is -1.10. The Morgan fingerprint density at radius 3 is 2.79 bits per heavy atom. The fraction of sp³-hybridized carbons (Fsp3) is 0.700. The number of hydrogen-bond donors (Lipinski definition) is 2.